The highest BCUT2D eigenvalue weighted by atomic mass is 32.2. The van der Waals surface area contributed by atoms with Gasteiger partial charge in [0.1, 0.15) is 17.3 Å². The Morgan fingerprint density at radius 1 is 1.22 bits per heavy atom. The summed E-state index contributed by atoms with van der Waals surface area (Å²) in [4.78, 5) is 12.3. The number of halogens is 1. The largest absolute Gasteiger partial charge is 0.497 e. The Morgan fingerprint density at radius 2 is 2.07 bits per heavy atom. The zero-order chi connectivity index (χ0) is 19.2. The lowest BCUT2D eigenvalue weighted by Gasteiger charge is -2.11. The molecule has 0 saturated heterocycles. The number of hydrogen-bond donors (Lipinski definition) is 1. The van der Waals surface area contributed by atoms with E-state index < -0.39 is 5.82 Å². The lowest BCUT2D eigenvalue weighted by Crippen LogP contribution is -2.15. The maximum absolute atomic E-state index is 13.4. The molecule has 0 aliphatic heterocycles. The standard InChI is InChI=1S/C17H16FN5O3S/c1-25-13-6-7-15(26-2)14(9-13)19-16(24)10-27-17-20-21-22-23(17)12-5-3-4-11(18)8-12/h3-9H,10H2,1-2H3,(H,19,24). The molecule has 3 rings (SSSR count). The molecular formula is C17H16FN5O3S. The van der Waals surface area contributed by atoms with Crippen molar-refractivity contribution in [3.63, 3.8) is 0 Å². The molecule has 0 unspecified atom stereocenters. The van der Waals surface area contributed by atoms with Crippen molar-refractivity contribution >= 4 is 23.4 Å². The van der Waals surface area contributed by atoms with Gasteiger partial charge in [0, 0.05) is 6.07 Å². The highest BCUT2D eigenvalue weighted by molar-refractivity contribution is 7.99. The number of nitrogens with zero attached hydrogens (tertiary/aromatic N) is 4. The first-order valence-corrected chi connectivity index (χ1v) is 8.78. The fourth-order valence-electron chi connectivity index (χ4n) is 2.27. The van der Waals surface area contributed by atoms with Gasteiger partial charge < -0.3 is 14.8 Å². The van der Waals surface area contributed by atoms with Crippen LogP contribution in [-0.2, 0) is 4.79 Å². The van der Waals surface area contributed by atoms with Crippen LogP contribution in [0.1, 0.15) is 0 Å². The third-order valence-corrected chi connectivity index (χ3v) is 4.43. The minimum Gasteiger partial charge on any atom is -0.497 e. The number of methoxy groups -OCH3 is 2. The molecular weight excluding hydrogens is 373 g/mol. The minimum atomic E-state index is -0.401. The summed E-state index contributed by atoms with van der Waals surface area (Å²) in [7, 11) is 3.05. The Hall–Kier alpha value is -3.14. The molecule has 1 heterocycles. The number of benzene rings is 2. The monoisotopic (exact) mass is 389 g/mol. The van der Waals surface area contributed by atoms with E-state index in [1.807, 2.05) is 0 Å². The van der Waals surface area contributed by atoms with E-state index in [2.05, 4.69) is 20.8 Å². The van der Waals surface area contributed by atoms with Crippen molar-refractivity contribution < 1.29 is 18.7 Å². The van der Waals surface area contributed by atoms with Gasteiger partial charge in [-0.25, -0.2) is 4.39 Å². The molecule has 0 radical (unpaired) electrons. The van der Waals surface area contributed by atoms with Crippen molar-refractivity contribution in [1.82, 2.24) is 20.2 Å². The van der Waals surface area contributed by atoms with Crippen LogP contribution in [-0.4, -0.2) is 46.1 Å². The third kappa shape index (κ3) is 4.53. The van der Waals surface area contributed by atoms with Crippen molar-refractivity contribution in [2.75, 3.05) is 25.3 Å². The van der Waals surface area contributed by atoms with E-state index in [-0.39, 0.29) is 11.7 Å². The van der Waals surface area contributed by atoms with Crippen molar-refractivity contribution in [3.05, 3.63) is 48.3 Å². The van der Waals surface area contributed by atoms with E-state index in [9.17, 15) is 9.18 Å². The predicted octanol–water partition coefficient (Wildman–Crippen LogP) is 2.55. The second-order valence-electron chi connectivity index (χ2n) is 5.26. The second kappa shape index (κ2) is 8.49. The molecule has 1 amide bonds. The SMILES string of the molecule is COc1ccc(OC)c(NC(=O)CSc2nnnn2-c2cccc(F)c2)c1. The number of ether oxygens (including phenoxy) is 2. The number of thioether (sulfide) groups is 1. The molecule has 0 aliphatic rings. The molecule has 0 atom stereocenters. The van der Waals surface area contributed by atoms with E-state index in [1.54, 1.807) is 30.3 Å². The Morgan fingerprint density at radius 3 is 2.81 bits per heavy atom. The van der Waals surface area contributed by atoms with Crippen molar-refractivity contribution in [3.8, 4) is 17.2 Å². The Kier molecular flexibility index (Phi) is 5.87. The van der Waals surface area contributed by atoms with Crippen LogP contribution in [0.5, 0.6) is 11.5 Å². The number of hydrogen-bond acceptors (Lipinski definition) is 7. The first kappa shape index (κ1) is 18.6. The highest BCUT2D eigenvalue weighted by Crippen LogP contribution is 2.29. The fraction of sp³-hybridized carbons (Fsp3) is 0.176. The van der Waals surface area contributed by atoms with E-state index in [1.165, 1.54) is 31.0 Å². The molecule has 0 fully saturated rings. The van der Waals surface area contributed by atoms with Crippen molar-refractivity contribution in [1.29, 1.82) is 0 Å². The maximum atomic E-state index is 13.4. The van der Waals surface area contributed by atoms with Gasteiger partial charge in [-0.2, -0.15) is 4.68 Å². The van der Waals surface area contributed by atoms with Gasteiger partial charge in [0.15, 0.2) is 0 Å². The van der Waals surface area contributed by atoms with Crippen LogP contribution >= 0.6 is 11.8 Å². The quantitative estimate of drug-likeness (QED) is 0.621. The molecule has 0 aliphatic carbocycles. The molecule has 1 aromatic heterocycles. The average molecular weight is 389 g/mol. The fourth-order valence-corrected chi connectivity index (χ4v) is 2.96. The van der Waals surface area contributed by atoms with Crippen LogP contribution in [0.25, 0.3) is 5.69 Å². The van der Waals surface area contributed by atoms with Crippen molar-refractivity contribution in [2.24, 2.45) is 0 Å². The Labute approximate surface area is 158 Å². The topological polar surface area (TPSA) is 91.2 Å². The second-order valence-corrected chi connectivity index (χ2v) is 6.20. The summed E-state index contributed by atoms with van der Waals surface area (Å²) < 4.78 is 25.2. The van der Waals surface area contributed by atoms with Gasteiger partial charge in [0.25, 0.3) is 0 Å². The Bertz CT molecular complexity index is 950. The van der Waals surface area contributed by atoms with Gasteiger partial charge in [-0.05, 0) is 40.8 Å². The molecule has 2 aromatic carbocycles. The summed E-state index contributed by atoms with van der Waals surface area (Å²) in [5.74, 6) is 0.477. The number of anilines is 1. The molecule has 0 spiro atoms. The van der Waals surface area contributed by atoms with E-state index >= 15 is 0 Å². The van der Waals surface area contributed by atoms with Gasteiger partial charge in [0.05, 0.1) is 31.3 Å². The Balaban J connectivity index is 1.68. The van der Waals surface area contributed by atoms with Gasteiger partial charge in [-0.1, -0.05) is 17.8 Å². The number of carbonyl (C=O) groups excluding carboxylic acids is 1. The summed E-state index contributed by atoms with van der Waals surface area (Å²) in [6.45, 7) is 0. The molecule has 1 N–H and O–H groups in total. The normalized spacial score (nSPS) is 10.5. The molecule has 0 bridgehead atoms. The van der Waals surface area contributed by atoms with Crippen LogP contribution in [0.3, 0.4) is 0 Å². The lowest BCUT2D eigenvalue weighted by molar-refractivity contribution is -0.113. The highest BCUT2D eigenvalue weighted by Gasteiger charge is 2.14. The summed E-state index contributed by atoms with van der Waals surface area (Å²) in [5.41, 5.74) is 0.963. The molecule has 27 heavy (non-hydrogen) atoms. The van der Waals surface area contributed by atoms with Gasteiger partial charge in [-0.3, -0.25) is 4.79 Å². The summed E-state index contributed by atoms with van der Waals surface area (Å²) >= 11 is 1.13. The molecule has 10 heteroatoms. The smallest absolute Gasteiger partial charge is 0.234 e. The number of amides is 1. The molecule has 8 nitrogen and oxygen atoms in total. The third-order valence-electron chi connectivity index (χ3n) is 3.51. The van der Waals surface area contributed by atoms with Crippen LogP contribution in [0.15, 0.2) is 47.6 Å². The molecule has 0 saturated carbocycles. The van der Waals surface area contributed by atoms with Crippen LogP contribution < -0.4 is 14.8 Å². The van der Waals surface area contributed by atoms with Gasteiger partial charge in [-0.15, -0.1) is 5.10 Å². The van der Waals surface area contributed by atoms with E-state index in [0.717, 1.165) is 11.8 Å². The number of aromatic nitrogens is 4. The van der Waals surface area contributed by atoms with Gasteiger partial charge in [0.2, 0.25) is 11.1 Å². The number of tetrazole rings is 1. The molecule has 140 valence electrons. The number of rotatable bonds is 7. The van der Waals surface area contributed by atoms with E-state index in [0.29, 0.717) is 28.0 Å². The predicted molar refractivity (Wildman–Crippen MR) is 98.0 cm³/mol. The number of carbonyl (C=O) groups is 1. The van der Waals surface area contributed by atoms with Gasteiger partial charge >= 0.3 is 0 Å². The van der Waals surface area contributed by atoms with Crippen LogP contribution in [0.2, 0.25) is 0 Å². The van der Waals surface area contributed by atoms with Crippen LogP contribution in [0, 0.1) is 5.82 Å². The molecule has 3 aromatic rings. The maximum Gasteiger partial charge on any atom is 0.234 e. The lowest BCUT2D eigenvalue weighted by atomic mass is 10.2. The number of nitrogens with one attached hydrogen (secondary N) is 1. The zero-order valence-electron chi connectivity index (χ0n) is 14.5. The average Bonchev–Trinajstić information content (AvgIpc) is 3.15. The van der Waals surface area contributed by atoms with Crippen LogP contribution in [0.4, 0.5) is 10.1 Å². The minimum absolute atomic E-state index is 0.0516. The zero-order valence-corrected chi connectivity index (χ0v) is 15.4. The first-order valence-electron chi connectivity index (χ1n) is 7.79. The first-order chi connectivity index (χ1) is 13.1. The summed E-state index contributed by atoms with van der Waals surface area (Å²) in [6, 6.07) is 11.0. The van der Waals surface area contributed by atoms with E-state index in [4.69, 9.17) is 9.47 Å². The summed E-state index contributed by atoms with van der Waals surface area (Å²) in [6.07, 6.45) is 0. The summed E-state index contributed by atoms with van der Waals surface area (Å²) in [5, 5.41) is 14.4. The van der Waals surface area contributed by atoms with Crippen molar-refractivity contribution in [2.45, 2.75) is 5.16 Å².